The lowest BCUT2D eigenvalue weighted by atomic mass is 10.3. The second-order valence-corrected chi connectivity index (χ2v) is 4.42. The van der Waals surface area contributed by atoms with E-state index in [1.807, 2.05) is 11.9 Å². The summed E-state index contributed by atoms with van der Waals surface area (Å²) in [5, 5.41) is 3.25. The van der Waals surface area contributed by atoms with Gasteiger partial charge in [0.05, 0.1) is 19.8 Å². The lowest BCUT2D eigenvalue weighted by molar-refractivity contribution is 0.183. The number of nitrogens with zero attached hydrogens (tertiary/aromatic N) is 3. The minimum absolute atomic E-state index is 0.202. The van der Waals surface area contributed by atoms with Crippen LogP contribution in [0, 0.1) is 0 Å². The van der Waals surface area contributed by atoms with E-state index in [0.717, 1.165) is 24.6 Å². The van der Waals surface area contributed by atoms with E-state index >= 15 is 0 Å². The molecule has 1 rings (SSSR count). The molecule has 0 aliphatic rings. The first-order valence-corrected chi connectivity index (χ1v) is 6.50. The molecule has 108 valence electrons. The molecule has 0 fully saturated rings. The van der Waals surface area contributed by atoms with Crippen LogP contribution in [0.4, 0.5) is 11.6 Å². The van der Waals surface area contributed by atoms with Crippen molar-refractivity contribution in [2.24, 2.45) is 0 Å². The number of likely N-dealkylation sites (N-methyl/N-ethyl adjacent to an activating group) is 1. The Morgan fingerprint density at radius 3 is 2.68 bits per heavy atom. The van der Waals surface area contributed by atoms with Gasteiger partial charge < -0.3 is 19.7 Å². The highest BCUT2D eigenvalue weighted by Crippen LogP contribution is 2.32. The molecule has 19 heavy (non-hydrogen) atoms. The van der Waals surface area contributed by atoms with Crippen LogP contribution in [0.25, 0.3) is 0 Å². The second kappa shape index (κ2) is 7.78. The smallest absolute Gasteiger partial charge is 0.204 e. The molecule has 1 unspecified atom stereocenters. The molecule has 0 aliphatic carbocycles. The van der Waals surface area contributed by atoms with Gasteiger partial charge in [-0.15, -0.1) is 0 Å². The summed E-state index contributed by atoms with van der Waals surface area (Å²) in [6.07, 6.45) is 2.57. The van der Waals surface area contributed by atoms with Gasteiger partial charge in [0.2, 0.25) is 5.75 Å². The number of nitrogens with one attached hydrogen (secondary N) is 1. The molecule has 0 amide bonds. The van der Waals surface area contributed by atoms with Gasteiger partial charge in [0.25, 0.3) is 0 Å². The maximum Gasteiger partial charge on any atom is 0.204 e. The van der Waals surface area contributed by atoms with Crippen LogP contribution in [-0.4, -0.2) is 50.4 Å². The van der Waals surface area contributed by atoms with Crippen molar-refractivity contribution in [3.05, 3.63) is 6.33 Å². The van der Waals surface area contributed by atoms with Crippen LogP contribution in [-0.2, 0) is 4.74 Å². The zero-order valence-corrected chi connectivity index (χ0v) is 12.4. The first-order chi connectivity index (χ1) is 9.15. The van der Waals surface area contributed by atoms with E-state index in [4.69, 9.17) is 9.47 Å². The van der Waals surface area contributed by atoms with Crippen LogP contribution in [0.3, 0.4) is 0 Å². The summed E-state index contributed by atoms with van der Waals surface area (Å²) in [4.78, 5) is 10.6. The van der Waals surface area contributed by atoms with E-state index in [2.05, 4.69) is 29.1 Å². The average Bonchev–Trinajstić information content (AvgIpc) is 2.43. The highest BCUT2D eigenvalue weighted by atomic mass is 16.5. The van der Waals surface area contributed by atoms with Gasteiger partial charge in [-0.1, -0.05) is 6.92 Å². The molecule has 0 spiro atoms. The van der Waals surface area contributed by atoms with E-state index in [1.54, 1.807) is 20.5 Å². The van der Waals surface area contributed by atoms with Crippen LogP contribution in [0.5, 0.6) is 5.75 Å². The van der Waals surface area contributed by atoms with Crippen molar-refractivity contribution in [1.82, 2.24) is 9.97 Å². The van der Waals surface area contributed by atoms with Crippen molar-refractivity contribution < 1.29 is 9.47 Å². The molecule has 0 aliphatic heterocycles. The Bertz CT molecular complexity index is 387. The van der Waals surface area contributed by atoms with Gasteiger partial charge in [0, 0.05) is 20.7 Å². The molecular weight excluding hydrogens is 244 g/mol. The fraction of sp³-hybridized carbons (Fsp3) is 0.692. The van der Waals surface area contributed by atoms with Crippen molar-refractivity contribution in [3.63, 3.8) is 0 Å². The summed E-state index contributed by atoms with van der Waals surface area (Å²) in [5.41, 5.74) is 0. The molecule has 1 aromatic rings. The third-order valence-electron chi connectivity index (χ3n) is 2.93. The normalized spacial score (nSPS) is 12.1. The molecule has 0 saturated carbocycles. The molecule has 6 nitrogen and oxygen atoms in total. The zero-order chi connectivity index (χ0) is 14.3. The van der Waals surface area contributed by atoms with Crippen molar-refractivity contribution in [3.8, 4) is 5.75 Å². The minimum atomic E-state index is 0.202. The Morgan fingerprint density at radius 2 is 2.11 bits per heavy atom. The van der Waals surface area contributed by atoms with Gasteiger partial charge >= 0.3 is 0 Å². The number of hydrogen-bond donors (Lipinski definition) is 1. The number of hydrogen-bond acceptors (Lipinski definition) is 6. The predicted octanol–water partition coefficient (Wildman–Crippen LogP) is 1.78. The van der Waals surface area contributed by atoms with Gasteiger partial charge in [-0.3, -0.25) is 0 Å². The first-order valence-electron chi connectivity index (χ1n) is 6.50. The number of ether oxygens (including phenoxy) is 2. The molecule has 6 heteroatoms. The predicted molar refractivity (Wildman–Crippen MR) is 77.1 cm³/mol. The number of rotatable bonds is 8. The van der Waals surface area contributed by atoms with Gasteiger partial charge in [-0.05, 0) is 13.3 Å². The van der Waals surface area contributed by atoms with Crippen molar-refractivity contribution >= 4 is 11.6 Å². The molecule has 1 heterocycles. The molecule has 0 radical (unpaired) electrons. The summed E-state index contributed by atoms with van der Waals surface area (Å²) in [6.45, 7) is 5.66. The maximum absolute atomic E-state index is 5.45. The third-order valence-corrected chi connectivity index (χ3v) is 2.93. The Hall–Kier alpha value is -1.56. The van der Waals surface area contributed by atoms with Crippen molar-refractivity contribution in [2.75, 3.05) is 44.6 Å². The number of aromatic nitrogens is 2. The first kappa shape index (κ1) is 15.5. The fourth-order valence-corrected chi connectivity index (χ4v) is 1.73. The fourth-order valence-electron chi connectivity index (χ4n) is 1.73. The van der Waals surface area contributed by atoms with Crippen molar-refractivity contribution in [1.29, 1.82) is 0 Å². The van der Waals surface area contributed by atoms with Crippen molar-refractivity contribution in [2.45, 2.75) is 26.3 Å². The minimum Gasteiger partial charge on any atom is -0.490 e. The topological polar surface area (TPSA) is 59.5 Å². The lowest BCUT2D eigenvalue weighted by Gasteiger charge is -2.27. The van der Waals surface area contributed by atoms with Gasteiger partial charge in [-0.25, -0.2) is 9.97 Å². The van der Waals surface area contributed by atoms with E-state index in [0.29, 0.717) is 12.4 Å². The molecule has 1 N–H and O–H groups in total. The number of methoxy groups -OCH3 is 2. The van der Waals surface area contributed by atoms with E-state index in [9.17, 15) is 0 Å². The SMILES string of the molecule is CCCNc1ncnc(N(C)C(C)COC)c1OC. The second-order valence-electron chi connectivity index (χ2n) is 4.42. The monoisotopic (exact) mass is 268 g/mol. The molecular formula is C13H24N4O2. The maximum atomic E-state index is 5.45. The summed E-state index contributed by atoms with van der Waals surface area (Å²) in [6, 6.07) is 0.202. The highest BCUT2D eigenvalue weighted by molar-refractivity contribution is 5.64. The summed E-state index contributed by atoms with van der Waals surface area (Å²) < 4.78 is 10.6. The highest BCUT2D eigenvalue weighted by Gasteiger charge is 2.19. The third kappa shape index (κ3) is 3.96. The summed E-state index contributed by atoms with van der Waals surface area (Å²) in [5.74, 6) is 2.16. The molecule has 1 aromatic heterocycles. The zero-order valence-electron chi connectivity index (χ0n) is 12.4. The average molecular weight is 268 g/mol. The molecule has 0 saturated heterocycles. The molecule has 0 aromatic carbocycles. The van der Waals surface area contributed by atoms with Gasteiger partial charge in [0.15, 0.2) is 11.6 Å². The summed E-state index contributed by atoms with van der Waals surface area (Å²) >= 11 is 0. The van der Waals surface area contributed by atoms with Crippen LogP contribution in [0.1, 0.15) is 20.3 Å². The van der Waals surface area contributed by atoms with Gasteiger partial charge in [0.1, 0.15) is 6.33 Å². The Labute approximate surface area is 115 Å². The molecule has 1 atom stereocenters. The van der Waals surface area contributed by atoms with Crippen LogP contribution >= 0.6 is 0 Å². The number of anilines is 2. The van der Waals surface area contributed by atoms with Crippen LogP contribution < -0.4 is 15.0 Å². The van der Waals surface area contributed by atoms with E-state index < -0.39 is 0 Å². The quantitative estimate of drug-likeness (QED) is 0.775. The van der Waals surface area contributed by atoms with Crippen LogP contribution in [0.2, 0.25) is 0 Å². The Kier molecular flexibility index (Phi) is 6.35. The standard InChI is InChI=1S/C13H24N4O2/c1-6-7-14-12-11(19-5)13(16-9-15-12)17(3)10(2)8-18-4/h9-10H,6-8H2,1-5H3,(H,14,15,16). The largest absolute Gasteiger partial charge is 0.490 e. The van der Waals surface area contributed by atoms with Crippen LogP contribution in [0.15, 0.2) is 6.33 Å². The summed E-state index contributed by atoms with van der Waals surface area (Å²) in [7, 11) is 5.29. The van der Waals surface area contributed by atoms with E-state index in [-0.39, 0.29) is 6.04 Å². The Morgan fingerprint density at radius 1 is 1.37 bits per heavy atom. The van der Waals surface area contributed by atoms with Gasteiger partial charge in [-0.2, -0.15) is 0 Å². The lowest BCUT2D eigenvalue weighted by Crippen LogP contribution is -2.33. The Balaban J connectivity index is 2.99. The molecule has 0 bridgehead atoms. The van der Waals surface area contributed by atoms with E-state index in [1.165, 1.54) is 0 Å².